The van der Waals surface area contributed by atoms with Gasteiger partial charge in [0.1, 0.15) is 0 Å². The molecule has 1 aromatic carbocycles. The predicted octanol–water partition coefficient (Wildman–Crippen LogP) is 5.10. The molecule has 0 N–H and O–H groups in total. The van der Waals surface area contributed by atoms with Gasteiger partial charge in [-0.05, 0) is 43.5 Å². The van der Waals surface area contributed by atoms with Crippen LogP contribution in [-0.2, 0) is 0 Å². The van der Waals surface area contributed by atoms with E-state index in [0.29, 0.717) is 0 Å². The zero-order chi connectivity index (χ0) is 11.3. The van der Waals surface area contributed by atoms with Gasteiger partial charge in [0.2, 0.25) is 0 Å². The van der Waals surface area contributed by atoms with E-state index < -0.39 is 0 Å². The summed E-state index contributed by atoms with van der Waals surface area (Å²) in [5.41, 5.74) is 3.88. The van der Waals surface area contributed by atoms with Gasteiger partial charge in [-0.2, -0.15) is 0 Å². The summed E-state index contributed by atoms with van der Waals surface area (Å²) in [6.07, 6.45) is 5.43. The first-order chi connectivity index (χ1) is 7.13. The molecule has 0 atom stereocenters. The van der Waals surface area contributed by atoms with Crippen LogP contribution < -0.4 is 0 Å². The van der Waals surface area contributed by atoms with Crippen molar-refractivity contribution in [3.63, 3.8) is 0 Å². The predicted molar refractivity (Wildman–Crippen MR) is 69.2 cm³/mol. The molecule has 0 unspecified atom stereocenters. The Morgan fingerprint density at radius 3 is 2.27 bits per heavy atom. The molecule has 0 heterocycles. The minimum atomic E-state index is 0.784. The van der Waals surface area contributed by atoms with E-state index in [4.69, 9.17) is 11.6 Å². The molecule has 0 saturated carbocycles. The topological polar surface area (TPSA) is 0 Å². The van der Waals surface area contributed by atoms with E-state index in [0.717, 1.165) is 11.4 Å². The van der Waals surface area contributed by atoms with Crippen LogP contribution in [0.4, 0.5) is 0 Å². The second-order valence-corrected chi connectivity index (χ2v) is 4.16. The first-order valence-corrected chi connectivity index (χ1v) is 5.61. The Morgan fingerprint density at radius 2 is 1.73 bits per heavy atom. The van der Waals surface area contributed by atoms with Crippen molar-refractivity contribution in [1.82, 2.24) is 0 Å². The quantitative estimate of drug-likeness (QED) is 0.622. The number of rotatable bonds is 3. The van der Waals surface area contributed by atoms with Gasteiger partial charge in [-0.25, -0.2) is 0 Å². The summed E-state index contributed by atoms with van der Waals surface area (Å²) in [6.45, 7) is 6.42. The summed E-state index contributed by atoms with van der Waals surface area (Å²) in [6, 6.07) is 7.93. The summed E-state index contributed by atoms with van der Waals surface area (Å²) in [4.78, 5) is 0. The highest BCUT2D eigenvalue weighted by Gasteiger charge is 1.94. The van der Waals surface area contributed by atoms with Crippen LogP contribution in [0.1, 0.15) is 32.8 Å². The third-order valence-corrected chi connectivity index (χ3v) is 2.73. The zero-order valence-corrected chi connectivity index (χ0v) is 10.3. The second kappa shape index (κ2) is 5.77. The van der Waals surface area contributed by atoms with Gasteiger partial charge in [0.05, 0.1) is 0 Å². The Balaban J connectivity index is 2.85. The summed E-state index contributed by atoms with van der Waals surface area (Å²) in [5.74, 6) is 0. The number of hydrogen-bond donors (Lipinski definition) is 0. The largest absolute Gasteiger partial charge is 0.0843 e. The lowest BCUT2D eigenvalue weighted by Crippen LogP contribution is -1.78. The molecule has 0 nitrogen and oxygen atoms in total. The molecular weight excluding hydrogens is 204 g/mol. The van der Waals surface area contributed by atoms with Crippen molar-refractivity contribution in [2.45, 2.75) is 27.2 Å². The smallest absolute Gasteiger partial charge is 0.0406 e. The van der Waals surface area contributed by atoms with Crippen LogP contribution in [0.25, 0.3) is 5.57 Å². The van der Waals surface area contributed by atoms with Crippen molar-refractivity contribution in [2.24, 2.45) is 0 Å². The Bertz CT molecular complexity index is 369. The van der Waals surface area contributed by atoms with Gasteiger partial charge in [-0.1, -0.05) is 48.4 Å². The molecule has 15 heavy (non-hydrogen) atoms. The number of halogens is 1. The molecule has 80 valence electrons. The minimum Gasteiger partial charge on any atom is -0.0843 e. The lowest BCUT2D eigenvalue weighted by molar-refractivity contribution is 1.10. The number of allylic oxidation sites excluding steroid dienone is 4. The Morgan fingerprint density at radius 1 is 1.13 bits per heavy atom. The molecule has 0 aliphatic rings. The van der Waals surface area contributed by atoms with Gasteiger partial charge in [0.25, 0.3) is 0 Å². The third-order valence-electron chi connectivity index (χ3n) is 2.48. The van der Waals surface area contributed by atoms with Gasteiger partial charge < -0.3 is 0 Å². The average Bonchev–Trinajstić information content (AvgIpc) is 2.26. The molecule has 0 fully saturated rings. The molecule has 0 bridgehead atoms. The highest BCUT2D eigenvalue weighted by molar-refractivity contribution is 6.30. The van der Waals surface area contributed by atoms with Crippen LogP contribution >= 0.6 is 11.6 Å². The van der Waals surface area contributed by atoms with Gasteiger partial charge in [0, 0.05) is 5.02 Å². The van der Waals surface area contributed by atoms with Crippen molar-refractivity contribution >= 4 is 17.2 Å². The van der Waals surface area contributed by atoms with Crippen molar-refractivity contribution in [1.29, 1.82) is 0 Å². The summed E-state index contributed by atoms with van der Waals surface area (Å²) >= 11 is 5.83. The van der Waals surface area contributed by atoms with Gasteiger partial charge >= 0.3 is 0 Å². The molecule has 1 heteroatoms. The SMILES string of the molecule is CC/C(C)=C/C=C(\C)c1ccc(Cl)cc1. The highest BCUT2D eigenvalue weighted by Crippen LogP contribution is 2.17. The van der Waals surface area contributed by atoms with Crippen molar-refractivity contribution in [3.8, 4) is 0 Å². The highest BCUT2D eigenvalue weighted by atomic mass is 35.5. The third kappa shape index (κ3) is 3.93. The Kier molecular flexibility index (Phi) is 4.64. The van der Waals surface area contributed by atoms with E-state index in [9.17, 15) is 0 Å². The Hall–Kier alpha value is -1.01. The van der Waals surface area contributed by atoms with Crippen LogP contribution in [0.5, 0.6) is 0 Å². The number of hydrogen-bond acceptors (Lipinski definition) is 0. The molecular formula is C14H17Cl. The van der Waals surface area contributed by atoms with Crippen molar-refractivity contribution < 1.29 is 0 Å². The fourth-order valence-corrected chi connectivity index (χ4v) is 1.32. The molecule has 1 aromatic rings. The average molecular weight is 221 g/mol. The summed E-state index contributed by atoms with van der Waals surface area (Å²) in [7, 11) is 0. The van der Waals surface area contributed by atoms with Gasteiger partial charge in [-0.3, -0.25) is 0 Å². The normalized spacial score (nSPS) is 13.1. The lowest BCUT2D eigenvalue weighted by Gasteiger charge is -2.00. The fraction of sp³-hybridized carbons (Fsp3) is 0.286. The van der Waals surface area contributed by atoms with Crippen LogP contribution in [0.3, 0.4) is 0 Å². The van der Waals surface area contributed by atoms with Crippen molar-refractivity contribution in [2.75, 3.05) is 0 Å². The molecule has 0 aliphatic heterocycles. The Labute approximate surface area is 97.3 Å². The van der Waals surface area contributed by atoms with Gasteiger partial charge in [0.15, 0.2) is 0 Å². The van der Waals surface area contributed by atoms with Crippen LogP contribution in [0.2, 0.25) is 5.02 Å². The van der Waals surface area contributed by atoms with Crippen LogP contribution in [-0.4, -0.2) is 0 Å². The number of benzene rings is 1. The van der Waals surface area contributed by atoms with E-state index in [1.165, 1.54) is 16.7 Å². The molecule has 1 rings (SSSR count). The van der Waals surface area contributed by atoms with E-state index in [1.807, 2.05) is 24.3 Å². The second-order valence-electron chi connectivity index (χ2n) is 3.72. The monoisotopic (exact) mass is 220 g/mol. The van der Waals surface area contributed by atoms with Crippen LogP contribution in [0.15, 0.2) is 42.0 Å². The standard InChI is InChI=1S/C14H17Cl/c1-4-11(2)5-6-12(3)13-7-9-14(15)10-8-13/h5-10H,4H2,1-3H3/b11-5+,12-6+. The lowest BCUT2D eigenvalue weighted by atomic mass is 10.1. The van der Waals surface area contributed by atoms with Gasteiger partial charge in [-0.15, -0.1) is 0 Å². The first-order valence-electron chi connectivity index (χ1n) is 5.23. The first kappa shape index (κ1) is 12.1. The van der Waals surface area contributed by atoms with E-state index in [2.05, 4.69) is 32.9 Å². The van der Waals surface area contributed by atoms with Crippen LogP contribution in [0, 0.1) is 0 Å². The molecule has 0 amide bonds. The summed E-state index contributed by atoms with van der Waals surface area (Å²) < 4.78 is 0. The minimum absolute atomic E-state index is 0.784. The fourth-order valence-electron chi connectivity index (χ4n) is 1.19. The van der Waals surface area contributed by atoms with E-state index in [1.54, 1.807) is 0 Å². The summed E-state index contributed by atoms with van der Waals surface area (Å²) in [5, 5.41) is 0.784. The van der Waals surface area contributed by atoms with E-state index >= 15 is 0 Å². The maximum Gasteiger partial charge on any atom is 0.0406 e. The molecule has 0 aliphatic carbocycles. The maximum atomic E-state index is 5.83. The zero-order valence-electron chi connectivity index (χ0n) is 9.55. The molecule has 0 spiro atoms. The maximum absolute atomic E-state index is 5.83. The van der Waals surface area contributed by atoms with Crippen molar-refractivity contribution in [3.05, 3.63) is 52.6 Å². The van der Waals surface area contributed by atoms with E-state index in [-0.39, 0.29) is 0 Å². The molecule has 0 aromatic heterocycles. The molecule has 0 saturated heterocycles. The molecule has 0 radical (unpaired) electrons.